The summed E-state index contributed by atoms with van der Waals surface area (Å²) in [7, 11) is 1.66. The van der Waals surface area contributed by atoms with E-state index in [1.165, 1.54) is 0 Å². The molecule has 0 N–H and O–H groups in total. The van der Waals surface area contributed by atoms with E-state index in [0.29, 0.717) is 0 Å². The summed E-state index contributed by atoms with van der Waals surface area (Å²) < 4.78 is 5.36. The number of ether oxygens (including phenoxy) is 1. The molecule has 1 atom stereocenters. The summed E-state index contributed by atoms with van der Waals surface area (Å²) in [6, 6.07) is 16.2. The molecule has 3 rings (SSSR count). The van der Waals surface area contributed by atoms with E-state index in [9.17, 15) is 5.26 Å². The average Bonchev–Trinajstić information content (AvgIpc) is 2.87. The topological polar surface area (TPSA) is 33.0 Å². The minimum atomic E-state index is -0.174. The summed E-state index contributed by atoms with van der Waals surface area (Å²) in [4.78, 5) is 0. The zero-order valence-electron chi connectivity index (χ0n) is 13.9. The maximum absolute atomic E-state index is 9.42. The highest BCUT2D eigenvalue weighted by molar-refractivity contribution is 6.30. The highest BCUT2D eigenvalue weighted by atomic mass is 35.5. The largest absolute Gasteiger partial charge is 0.497 e. The predicted octanol–water partition coefficient (Wildman–Crippen LogP) is 5.84. The van der Waals surface area contributed by atoms with Crippen molar-refractivity contribution in [2.45, 2.75) is 13.8 Å². The third kappa shape index (κ3) is 2.84. The maximum atomic E-state index is 9.42. The Morgan fingerprint density at radius 1 is 1.12 bits per heavy atom. The van der Waals surface area contributed by atoms with Gasteiger partial charge < -0.3 is 4.74 Å². The summed E-state index contributed by atoms with van der Waals surface area (Å²) in [6.07, 6.45) is 2.15. The van der Waals surface area contributed by atoms with Gasteiger partial charge in [-0.25, -0.2) is 0 Å². The van der Waals surface area contributed by atoms with E-state index in [1.54, 1.807) is 7.11 Å². The fourth-order valence-corrected chi connectivity index (χ4v) is 3.32. The van der Waals surface area contributed by atoms with Crippen LogP contribution in [0.1, 0.15) is 30.5 Å². The standard InChI is InChI=1S/C21H18ClNO/c1-13(12-23)21-14(2)19(10-15-4-6-16(22)7-5-15)18-9-8-17(24-3)11-20(18)21/h4-11,13H,1-3H3. The van der Waals surface area contributed by atoms with Crippen molar-refractivity contribution in [3.05, 3.63) is 69.8 Å². The second kappa shape index (κ2) is 6.55. The van der Waals surface area contributed by atoms with Crippen LogP contribution < -0.4 is 4.74 Å². The molecule has 0 fully saturated rings. The Kier molecular flexibility index (Phi) is 4.46. The normalized spacial score (nSPS) is 16.0. The van der Waals surface area contributed by atoms with Crippen molar-refractivity contribution < 1.29 is 4.74 Å². The van der Waals surface area contributed by atoms with Crippen LogP contribution in [0.3, 0.4) is 0 Å². The van der Waals surface area contributed by atoms with Gasteiger partial charge in [-0.2, -0.15) is 5.26 Å². The number of rotatable bonds is 3. The molecule has 1 aliphatic carbocycles. The summed E-state index contributed by atoms with van der Waals surface area (Å²) in [5, 5.41) is 10.1. The molecule has 0 spiro atoms. The van der Waals surface area contributed by atoms with E-state index in [4.69, 9.17) is 16.3 Å². The summed E-state index contributed by atoms with van der Waals surface area (Å²) in [6.45, 7) is 4.02. The Labute approximate surface area is 147 Å². The van der Waals surface area contributed by atoms with E-state index in [0.717, 1.165) is 44.2 Å². The molecule has 2 aromatic rings. The summed E-state index contributed by atoms with van der Waals surface area (Å²) >= 11 is 5.98. The van der Waals surface area contributed by atoms with Crippen molar-refractivity contribution in [2.75, 3.05) is 7.11 Å². The Morgan fingerprint density at radius 3 is 2.46 bits per heavy atom. The van der Waals surface area contributed by atoms with Crippen molar-refractivity contribution >= 4 is 28.8 Å². The molecular weight excluding hydrogens is 318 g/mol. The first-order valence-corrected chi connectivity index (χ1v) is 8.19. The quantitative estimate of drug-likeness (QED) is 0.706. The number of fused-ring (bicyclic) bond motifs is 1. The number of halogens is 1. The molecule has 0 heterocycles. The van der Waals surface area contributed by atoms with Gasteiger partial charge in [-0.05, 0) is 77.6 Å². The van der Waals surface area contributed by atoms with Crippen LogP contribution in [0.25, 0.3) is 17.2 Å². The van der Waals surface area contributed by atoms with E-state index < -0.39 is 0 Å². The molecule has 0 saturated heterocycles. The third-order valence-corrected chi connectivity index (χ3v) is 4.67. The SMILES string of the molecule is COc1ccc2c(c1)C(C(C)C#N)=C(C)C2=Cc1ccc(Cl)cc1. The zero-order valence-corrected chi connectivity index (χ0v) is 14.7. The number of benzene rings is 2. The number of hydrogen-bond acceptors (Lipinski definition) is 2. The lowest BCUT2D eigenvalue weighted by molar-refractivity contribution is 0.414. The Balaban J connectivity index is 2.19. The lowest BCUT2D eigenvalue weighted by atomic mass is 9.95. The molecule has 1 unspecified atom stereocenters. The molecule has 2 nitrogen and oxygen atoms in total. The number of nitriles is 1. The van der Waals surface area contributed by atoms with Crippen LogP contribution in [0.2, 0.25) is 5.02 Å². The molecule has 2 aromatic carbocycles. The first kappa shape index (κ1) is 16.4. The average molecular weight is 336 g/mol. The highest BCUT2D eigenvalue weighted by Gasteiger charge is 2.27. The molecule has 0 amide bonds. The fourth-order valence-electron chi connectivity index (χ4n) is 3.19. The van der Waals surface area contributed by atoms with Gasteiger partial charge in [0.15, 0.2) is 0 Å². The Hall–Kier alpha value is -2.50. The summed E-state index contributed by atoms with van der Waals surface area (Å²) in [5.41, 5.74) is 6.67. The highest BCUT2D eigenvalue weighted by Crippen LogP contribution is 2.46. The third-order valence-electron chi connectivity index (χ3n) is 4.42. The molecule has 1 aliphatic rings. The van der Waals surface area contributed by atoms with Crippen LogP contribution in [0.5, 0.6) is 5.75 Å². The molecular formula is C21H18ClNO. The lowest BCUT2D eigenvalue weighted by Gasteiger charge is -2.09. The number of allylic oxidation sites excluding steroid dienone is 3. The van der Waals surface area contributed by atoms with Crippen molar-refractivity contribution in [2.24, 2.45) is 5.92 Å². The van der Waals surface area contributed by atoms with Crippen LogP contribution >= 0.6 is 11.6 Å². The van der Waals surface area contributed by atoms with Crippen molar-refractivity contribution in [3.8, 4) is 11.8 Å². The zero-order chi connectivity index (χ0) is 17.3. The van der Waals surface area contributed by atoms with Gasteiger partial charge >= 0.3 is 0 Å². The van der Waals surface area contributed by atoms with Gasteiger partial charge in [-0.15, -0.1) is 0 Å². The lowest BCUT2D eigenvalue weighted by Crippen LogP contribution is -1.96. The Morgan fingerprint density at radius 2 is 1.83 bits per heavy atom. The van der Waals surface area contributed by atoms with E-state index in [-0.39, 0.29) is 5.92 Å². The van der Waals surface area contributed by atoms with Crippen LogP contribution in [0.4, 0.5) is 0 Å². The smallest absolute Gasteiger partial charge is 0.119 e. The second-order valence-electron chi connectivity index (χ2n) is 5.91. The van der Waals surface area contributed by atoms with Gasteiger partial charge in [0.2, 0.25) is 0 Å². The van der Waals surface area contributed by atoms with E-state index >= 15 is 0 Å². The van der Waals surface area contributed by atoms with Gasteiger partial charge in [0, 0.05) is 5.02 Å². The number of methoxy groups -OCH3 is 1. The van der Waals surface area contributed by atoms with Gasteiger partial charge in [-0.3, -0.25) is 0 Å². The van der Waals surface area contributed by atoms with Gasteiger partial charge in [0.1, 0.15) is 5.75 Å². The van der Waals surface area contributed by atoms with Gasteiger partial charge in [0.05, 0.1) is 19.1 Å². The first-order chi connectivity index (χ1) is 11.5. The van der Waals surface area contributed by atoms with Crippen molar-refractivity contribution in [1.29, 1.82) is 5.26 Å². The van der Waals surface area contributed by atoms with Gasteiger partial charge in [-0.1, -0.05) is 29.8 Å². The number of nitrogens with zero attached hydrogens (tertiary/aromatic N) is 1. The Bertz CT molecular complexity index is 885. The summed E-state index contributed by atoms with van der Waals surface area (Å²) in [5.74, 6) is 0.629. The first-order valence-electron chi connectivity index (χ1n) is 7.82. The van der Waals surface area contributed by atoms with Crippen LogP contribution in [-0.2, 0) is 0 Å². The molecule has 0 aliphatic heterocycles. The minimum Gasteiger partial charge on any atom is -0.497 e. The second-order valence-corrected chi connectivity index (χ2v) is 6.35. The van der Waals surface area contributed by atoms with E-state index in [1.807, 2.05) is 43.3 Å². The van der Waals surface area contributed by atoms with Crippen LogP contribution in [0.15, 0.2) is 48.0 Å². The molecule has 24 heavy (non-hydrogen) atoms. The van der Waals surface area contributed by atoms with Crippen molar-refractivity contribution in [1.82, 2.24) is 0 Å². The molecule has 120 valence electrons. The molecule has 0 aromatic heterocycles. The molecule has 0 radical (unpaired) electrons. The van der Waals surface area contributed by atoms with Crippen LogP contribution in [-0.4, -0.2) is 7.11 Å². The van der Waals surface area contributed by atoms with Crippen LogP contribution in [0, 0.1) is 17.2 Å². The van der Waals surface area contributed by atoms with Gasteiger partial charge in [0.25, 0.3) is 0 Å². The van der Waals surface area contributed by atoms with E-state index in [2.05, 4.69) is 25.1 Å². The molecule has 0 bridgehead atoms. The predicted molar refractivity (Wildman–Crippen MR) is 99.7 cm³/mol. The van der Waals surface area contributed by atoms with Crippen molar-refractivity contribution in [3.63, 3.8) is 0 Å². The molecule has 0 saturated carbocycles. The fraction of sp³-hybridized carbons (Fsp3) is 0.190. The monoisotopic (exact) mass is 335 g/mol. The number of hydrogen-bond donors (Lipinski definition) is 0. The maximum Gasteiger partial charge on any atom is 0.119 e. The molecule has 3 heteroatoms. The minimum absolute atomic E-state index is 0.174.